The Morgan fingerprint density at radius 1 is 1.22 bits per heavy atom. The molecule has 0 spiro atoms. The van der Waals surface area contributed by atoms with Crippen LogP contribution < -0.4 is 5.32 Å². The first kappa shape index (κ1) is 19.0. The van der Waals surface area contributed by atoms with E-state index in [2.05, 4.69) is 0 Å². The molecule has 0 aliphatic rings. The highest BCUT2D eigenvalue weighted by Gasteiger charge is 2.43. The van der Waals surface area contributed by atoms with E-state index in [1.54, 1.807) is 37.3 Å². The normalized spacial score (nSPS) is 15.5. The Hall–Kier alpha value is -2.05. The van der Waals surface area contributed by atoms with Crippen LogP contribution in [-0.4, -0.2) is 29.2 Å². The van der Waals surface area contributed by atoms with Gasteiger partial charge < -0.3 is 10.4 Å². The van der Waals surface area contributed by atoms with Gasteiger partial charge in [0.1, 0.15) is 6.04 Å². The lowest BCUT2D eigenvalue weighted by atomic mass is 9.84. The Morgan fingerprint density at radius 3 is 2.22 bits per heavy atom. The van der Waals surface area contributed by atoms with Crippen LogP contribution in [-0.2, 0) is 9.59 Å². The predicted octanol–water partition coefficient (Wildman–Crippen LogP) is 3.34. The van der Waals surface area contributed by atoms with Crippen molar-refractivity contribution in [3.05, 3.63) is 35.9 Å². The minimum Gasteiger partial charge on any atom is -0.481 e. The van der Waals surface area contributed by atoms with E-state index in [4.69, 9.17) is 5.11 Å². The van der Waals surface area contributed by atoms with Crippen LogP contribution in [0.5, 0.6) is 0 Å². The number of carbonyl (C=O) groups is 2. The fraction of sp³-hybridized carbons (Fsp3) is 0.500. The number of halogens is 3. The Balaban J connectivity index is 3.02. The van der Waals surface area contributed by atoms with Crippen molar-refractivity contribution < 1.29 is 27.9 Å². The number of rotatable bonds is 7. The van der Waals surface area contributed by atoms with Gasteiger partial charge in [0.2, 0.25) is 5.91 Å². The lowest BCUT2D eigenvalue weighted by molar-refractivity contribution is -0.170. The number of carboxylic acids is 1. The number of aliphatic carboxylic acids is 1. The second-order valence-corrected chi connectivity index (χ2v) is 5.47. The minimum atomic E-state index is -4.81. The molecule has 1 aromatic rings. The van der Waals surface area contributed by atoms with Crippen LogP contribution in [0.25, 0.3) is 0 Å². The average molecular weight is 331 g/mol. The summed E-state index contributed by atoms with van der Waals surface area (Å²) in [6.07, 6.45) is -5.41. The second-order valence-electron chi connectivity index (χ2n) is 5.47. The summed E-state index contributed by atoms with van der Waals surface area (Å²) in [6, 6.07) is 6.11. The van der Waals surface area contributed by atoms with E-state index >= 15 is 0 Å². The number of carboxylic acid groups (broad SMARTS) is 1. The van der Waals surface area contributed by atoms with Crippen LogP contribution in [0.2, 0.25) is 0 Å². The maximum atomic E-state index is 12.9. The zero-order valence-electron chi connectivity index (χ0n) is 12.9. The van der Waals surface area contributed by atoms with Gasteiger partial charge in [-0.2, -0.15) is 13.2 Å². The molecule has 0 aromatic heterocycles. The summed E-state index contributed by atoms with van der Waals surface area (Å²) in [5.74, 6) is -3.38. The van der Waals surface area contributed by atoms with Crippen molar-refractivity contribution in [2.75, 3.05) is 0 Å². The SMILES string of the molecule is CCC(C)C(C(=O)NC(CC(=O)O)C(F)(F)F)c1ccccc1. The van der Waals surface area contributed by atoms with Crippen LogP contribution in [0.1, 0.15) is 38.2 Å². The first-order chi connectivity index (χ1) is 10.7. The van der Waals surface area contributed by atoms with Gasteiger partial charge in [-0.25, -0.2) is 0 Å². The predicted molar refractivity (Wildman–Crippen MR) is 78.9 cm³/mol. The first-order valence-electron chi connectivity index (χ1n) is 7.30. The molecule has 23 heavy (non-hydrogen) atoms. The fourth-order valence-electron chi connectivity index (χ4n) is 2.32. The molecule has 1 aromatic carbocycles. The summed E-state index contributed by atoms with van der Waals surface area (Å²) in [6.45, 7) is 3.61. The van der Waals surface area contributed by atoms with E-state index in [-0.39, 0.29) is 5.92 Å². The first-order valence-corrected chi connectivity index (χ1v) is 7.30. The molecule has 128 valence electrons. The number of benzene rings is 1. The van der Waals surface area contributed by atoms with Gasteiger partial charge in [-0.3, -0.25) is 9.59 Å². The molecule has 7 heteroatoms. The summed E-state index contributed by atoms with van der Waals surface area (Å²) in [5.41, 5.74) is 0.607. The zero-order valence-corrected chi connectivity index (χ0v) is 12.9. The maximum Gasteiger partial charge on any atom is 0.409 e. The molecule has 1 rings (SSSR count). The summed E-state index contributed by atoms with van der Waals surface area (Å²) < 4.78 is 38.7. The molecular weight excluding hydrogens is 311 g/mol. The molecule has 0 aliphatic heterocycles. The number of nitrogens with one attached hydrogen (secondary N) is 1. The Labute approximate surface area is 132 Å². The number of hydrogen-bond acceptors (Lipinski definition) is 2. The van der Waals surface area contributed by atoms with E-state index in [9.17, 15) is 22.8 Å². The van der Waals surface area contributed by atoms with Crippen molar-refractivity contribution in [2.45, 2.75) is 44.8 Å². The monoisotopic (exact) mass is 331 g/mol. The molecule has 3 unspecified atom stereocenters. The van der Waals surface area contributed by atoms with Gasteiger partial charge in [0, 0.05) is 0 Å². The van der Waals surface area contributed by atoms with Crippen molar-refractivity contribution in [1.29, 1.82) is 0 Å². The van der Waals surface area contributed by atoms with Gasteiger partial charge in [-0.15, -0.1) is 0 Å². The number of hydrogen-bond donors (Lipinski definition) is 2. The largest absolute Gasteiger partial charge is 0.481 e. The Morgan fingerprint density at radius 2 is 1.78 bits per heavy atom. The fourth-order valence-corrected chi connectivity index (χ4v) is 2.32. The summed E-state index contributed by atoms with van der Waals surface area (Å²) in [5, 5.41) is 10.5. The number of alkyl halides is 3. The summed E-state index contributed by atoms with van der Waals surface area (Å²) in [4.78, 5) is 23.0. The highest BCUT2D eigenvalue weighted by atomic mass is 19.4. The van der Waals surface area contributed by atoms with E-state index in [1.165, 1.54) is 0 Å². The number of carbonyl (C=O) groups excluding carboxylic acids is 1. The van der Waals surface area contributed by atoms with Gasteiger partial charge in [0.05, 0.1) is 12.3 Å². The number of amides is 1. The van der Waals surface area contributed by atoms with Gasteiger partial charge in [-0.05, 0) is 11.5 Å². The maximum absolute atomic E-state index is 12.9. The third kappa shape index (κ3) is 5.58. The van der Waals surface area contributed by atoms with Crippen molar-refractivity contribution in [1.82, 2.24) is 5.32 Å². The lowest BCUT2D eigenvalue weighted by Gasteiger charge is -2.26. The van der Waals surface area contributed by atoms with Crippen LogP contribution in [0.15, 0.2) is 30.3 Å². The lowest BCUT2D eigenvalue weighted by Crippen LogP contribution is -2.48. The van der Waals surface area contributed by atoms with Crippen molar-refractivity contribution in [2.24, 2.45) is 5.92 Å². The third-order valence-corrected chi connectivity index (χ3v) is 3.74. The molecule has 1 amide bonds. The Bertz CT molecular complexity index is 531. The van der Waals surface area contributed by atoms with E-state index in [1.807, 2.05) is 12.2 Å². The average Bonchev–Trinajstić information content (AvgIpc) is 2.46. The van der Waals surface area contributed by atoms with Gasteiger partial charge in [-0.1, -0.05) is 50.6 Å². The molecule has 0 radical (unpaired) electrons. The highest BCUT2D eigenvalue weighted by molar-refractivity contribution is 5.84. The van der Waals surface area contributed by atoms with Crippen LogP contribution in [0.4, 0.5) is 13.2 Å². The molecule has 0 bridgehead atoms. The second kappa shape index (κ2) is 7.99. The summed E-state index contributed by atoms with van der Waals surface area (Å²) in [7, 11) is 0. The molecule has 0 aliphatic carbocycles. The molecule has 0 fully saturated rings. The molecule has 3 atom stereocenters. The topological polar surface area (TPSA) is 66.4 Å². The minimum absolute atomic E-state index is 0.184. The van der Waals surface area contributed by atoms with Crippen LogP contribution >= 0.6 is 0 Å². The van der Waals surface area contributed by atoms with Crippen molar-refractivity contribution in [3.63, 3.8) is 0 Å². The molecule has 2 N–H and O–H groups in total. The summed E-state index contributed by atoms with van der Waals surface area (Å²) >= 11 is 0. The molecule has 4 nitrogen and oxygen atoms in total. The van der Waals surface area contributed by atoms with Crippen LogP contribution in [0.3, 0.4) is 0 Å². The van der Waals surface area contributed by atoms with Gasteiger partial charge in [0.15, 0.2) is 0 Å². The zero-order chi connectivity index (χ0) is 17.6. The molecule has 0 saturated heterocycles. The smallest absolute Gasteiger partial charge is 0.409 e. The van der Waals surface area contributed by atoms with Gasteiger partial charge >= 0.3 is 12.1 Å². The van der Waals surface area contributed by atoms with Gasteiger partial charge in [0.25, 0.3) is 0 Å². The standard InChI is InChI=1S/C16H20F3NO3/c1-3-10(2)14(11-7-5-4-6-8-11)15(23)20-12(9-13(21)22)16(17,18)19/h4-8,10,12,14H,3,9H2,1-2H3,(H,20,23)(H,21,22). The van der Waals surface area contributed by atoms with Crippen molar-refractivity contribution >= 4 is 11.9 Å². The highest BCUT2D eigenvalue weighted by Crippen LogP contribution is 2.29. The van der Waals surface area contributed by atoms with E-state index in [0.717, 1.165) is 0 Å². The molecule has 0 saturated carbocycles. The van der Waals surface area contributed by atoms with Crippen LogP contribution in [0, 0.1) is 5.92 Å². The third-order valence-electron chi connectivity index (χ3n) is 3.74. The quantitative estimate of drug-likeness (QED) is 0.805. The van der Waals surface area contributed by atoms with E-state index in [0.29, 0.717) is 12.0 Å². The van der Waals surface area contributed by atoms with E-state index < -0.39 is 36.4 Å². The molecular formula is C16H20F3NO3. The molecule has 0 heterocycles. The Kier molecular flexibility index (Phi) is 6.60. The van der Waals surface area contributed by atoms with Crippen molar-refractivity contribution in [3.8, 4) is 0 Å².